The first kappa shape index (κ1) is 9.09. The molecule has 1 rings (SSSR count). The zero-order chi connectivity index (χ0) is 8.81. The van der Waals surface area contributed by atoms with Gasteiger partial charge in [-0.2, -0.15) is 0 Å². The van der Waals surface area contributed by atoms with E-state index >= 15 is 0 Å². The molecule has 4 heteroatoms. The number of hydrogen-bond acceptors (Lipinski definition) is 3. The lowest BCUT2D eigenvalue weighted by atomic mass is 10.3. The first-order valence-electron chi connectivity index (χ1n) is 3.42. The van der Waals surface area contributed by atoms with Crippen molar-refractivity contribution in [2.75, 3.05) is 11.3 Å². The molecule has 0 saturated heterocycles. The van der Waals surface area contributed by atoms with E-state index in [4.69, 9.17) is 5.11 Å². The lowest BCUT2D eigenvalue weighted by Crippen LogP contribution is -2.04. The van der Waals surface area contributed by atoms with Gasteiger partial charge in [-0.3, -0.25) is 4.79 Å². The normalized spacial score (nSPS) is 9.42. The molecule has 0 aliphatic carbocycles. The SMILES string of the molecule is O=C(Nc1ccccc1)SCO. The average molecular weight is 183 g/mol. The molecule has 0 spiro atoms. The molecule has 12 heavy (non-hydrogen) atoms. The van der Waals surface area contributed by atoms with Gasteiger partial charge < -0.3 is 10.4 Å². The van der Waals surface area contributed by atoms with Gasteiger partial charge in [-0.1, -0.05) is 18.2 Å². The number of hydrogen-bond donors (Lipinski definition) is 2. The summed E-state index contributed by atoms with van der Waals surface area (Å²) in [6.45, 7) is 0. The molecule has 1 aromatic rings. The van der Waals surface area contributed by atoms with Gasteiger partial charge >= 0.3 is 0 Å². The van der Waals surface area contributed by atoms with Gasteiger partial charge in [0.05, 0.1) is 5.94 Å². The van der Waals surface area contributed by atoms with Gasteiger partial charge in [0.2, 0.25) is 0 Å². The van der Waals surface area contributed by atoms with E-state index in [0.717, 1.165) is 17.4 Å². The molecule has 3 nitrogen and oxygen atoms in total. The standard InChI is InChI=1S/C8H9NO2S/c10-6-12-8(11)9-7-4-2-1-3-5-7/h1-5,10H,6H2,(H,9,11). The molecule has 0 atom stereocenters. The molecule has 1 aromatic carbocycles. The number of thioether (sulfide) groups is 1. The third kappa shape index (κ3) is 2.94. The van der Waals surface area contributed by atoms with E-state index in [1.54, 1.807) is 12.1 Å². The van der Waals surface area contributed by atoms with Gasteiger partial charge in [0.15, 0.2) is 0 Å². The van der Waals surface area contributed by atoms with Gasteiger partial charge in [0.1, 0.15) is 0 Å². The summed E-state index contributed by atoms with van der Waals surface area (Å²) in [4.78, 5) is 10.9. The van der Waals surface area contributed by atoms with Crippen molar-refractivity contribution in [2.24, 2.45) is 0 Å². The summed E-state index contributed by atoms with van der Waals surface area (Å²) in [6.07, 6.45) is 0. The van der Waals surface area contributed by atoms with Crippen molar-refractivity contribution in [1.29, 1.82) is 0 Å². The third-order valence-corrected chi connectivity index (χ3v) is 1.71. The molecule has 0 heterocycles. The van der Waals surface area contributed by atoms with Crippen LogP contribution in [0.25, 0.3) is 0 Å². The number of aliphatic hydroxyl groups excluding tert-OH is 1. The number of carbonyl (C=O) groups excluding carboxylic acids is 1. The van der Waals surface area contributed by atoms with Crippen molar-refractivity contribution in [3.05, 3.63) is 30.3 Å². The molecule has 64 valence electrons. The smallest absolute Gasteiger partial charge is 0.285 e. The van der Waals surface area contributed by atoms with E-state index in [1.165, 1.54) is 0 Å². The number of rotatable bonds is 2. The molecule has 0 aromatic heterocycles. The Kier molecular flexibility index (Phi) is 3.63. The molecule has 0 aliphatic rings. The lowest BCUT2D eigenvalue weighted by Gasteiger charge is -2.01. The number of anilines is 1. The fraction of sp³-hybridized carbons (Fsp3) is 0.125. The highest BCUT2D eigenvalue weighted by atomic mass is 32.2. The molecular formula is C8H9NO2S. The topological polar surface area (TPSA) is 49.3 Å². The van der Waals surface area contributed by atoms with Crippen molar-refractivity contribution in [2.45, 2.75) is 0 Å². The summed E-state index contributed by atoms with van der Waals surface area (Å²) in [6, 6.07) is 9.11. The van der Waals surface area contributed by atoms with E-state index in [1.807, 2.05) is 18.2 Å². The Balaban J connectivity index is 2.47. The molecule has 0 unspecified atom stereocenters. The van der Waals surface area contributed by atoms with E-state index in [9.17, 15) is 4.79 Å². The van der Waals surface area contributed by atoms with Crippen LogP contribution in [0.4, 0.5) is 10.5 Å². The second-order valence-corrected chi connectivity index (χ2v) is 2.97. The summed E-state index contributed by atoms with van der Waals surface area (Å²) >= 11 is 0.832. The van der Waals surface area contributed by atoms with E-state index in [-0.39, 0.29) is 11.2 Å². The molecule has 0 saturated carbocycles. The van der Waals surface area contributed by atoms with Crippen LogP contribution in [0.1, 0.15) is 0 Å². The van der Waals surface area contributed by atoms with Crippen LogP contribution in [0.5, 0.6) is 0 Å². The van der Waals surface area contributed by atoms with Gasteiger partial charge in [-0.25, -0.2) is 0 Å². The predicted octanol–water partition coefficient (Wildman–Crippen LogP) is 1.90. The Labute approximate surface area is 74.8 Å². The van der Waals surface area contributed by atoms with Crippen LogP contribution < -0.4 is 5.32 Å². The first-order chi connectivity index (χ1) is 5.83. The van der Waals surface area contributed by atoms with Gasteiger partial charge in [0.25, 0.3) is 5.24 Å². The van der Waals surface area contributed by atoms with Crippen LogP contribution in [0, 0.1) is 0 Å². The monoisotopic (exact) mass is 183 g/mol. The summed E-state index contributed by atoms with van der Waals surface area (Å²) < 4.78 is 0. The van der Waals surface area contributed by atoms with Crippen molar-refractivity contribution >= 4 is 22.7 Å². The minimum Gasteiger partial charge on any atom is -0.385 e. The van der Waals surface area contributed by atoms with Crippen LogP contribution in [-0.2, 0) is 0 Å². The summed E-state index contributed by atoms with van der Waals surface area (Å²) in [5, 5.41) is 10.8. The number of para-hydroxylation sites is 1. The minimum absolute atomic E-state index is 0.196. The summed E-state index contributed by atoms with van der Waals surface area (Å²) in [5.74, 6) is -0.196. The second-order valence-electron chi connectivity index (χ2n) is 2.05. The van der Waals surface area contributed by atoms with Crippen molar-refractivity contribution in [3.8, 4) is 0 Å². The molecule has 1 amide bonds. The number of aliphatic hydroxyl groups is 1. The van der Waals surface area contributed by atoms with Crippen molar-refractivity contribution in [3.63, 3.8) is 0 Å². The molecule has 0 aliphatic heterocycles. The van der Waals surface area contributed by atoms with Crippen LogP contribution >= 0.6 is 11.8 Å². The average Bonchev–Trinajstić information content (AvgIpc) is 2.06. The fourth-order valence-corrected chi connectivity index (χ4v) is 1.04. The number of benzene rings is 1. The van der Waals surface area contributed by atoms with Crippen LogP contribution in [0.3, 0.4) is 0 Å². The zero-order valence-corrected chi connectivity index (χ0v) is 7.17. The van der Waals surface area contributed by atoms with Crippen LogP contribution in [0.15, 0.2) is 30.3 Å². The highest BCUT2D eigenvalue weighted by Gasteiger charge is 1.99. The number of amides is 1. The molecule has 2 N–H and O–H groups in total. The highest BCUT2D eigenvalue weighted by molar-refractivity contribution is 8.13. The van der Waals surface area contributed by atoms with Gasteiger partial charge in [-0.15, -0.1) is 0 Å². The molecule has 0 fully saturated rings. The lowest BCUT2D eigenvalue weighted by molar-refractivity contribution is 0.269. The summed E-state index contributed by atoms with van der Waals surface area (Å²) in [7, 11) is 0. The van der Waals surface area contributed by atoms with Crippen molar-refractivity contribution in [1.82, 2.24) is 0 Å². The number of nitrogens with one attached hydrogen (secondary N) is 1. The third-order valence-electron chi connectivity index (χ3n) is 1.22. The van der Waals surface area contributed by atoms with Crippen LogP contribution in [-0.4, -0.2) is 16.3 Å². The fourth-order valence-electron chi connectivity index (χ4n) is 0.734. The Morgan fingerprint density at radius 1 is 1.42 bits per heavy atom. The summed E-state index contributed by atoms with van der Waals surface area (Å²) in [5.41, 5.74) is 0.739. The first-order valence-corrected chi connectivity index (χ1v) is 4.41. The van der Waals surface area contributed by atoms with Crippen molar-refractivity contribution < 1.29 is 9.90 Å². The van der Waals surface area contributed by atoms with Crippen LogP contribution in [0.2, 0.25) is 0 Å². The minimum atomic E-state index is -0.247. The van der Waals surface area contributed by atoms with E-state index in [2.05, 4.69) is 5.32 Å². The second kappa shape index (κ2) is 4.79. The largest absolute Gasteiger partial charge is 0.385 e. The Hall–Kier alpha value is -1.00. The number of carbonyl (C=O) groups is 1. The van der Waals surface area contributed by atoms with Gasteiger partial charge in [0, 0.05) is 5.69 Å². The van der Waals surface area contributed by atoms with Gasteiger partial charge in [-0.05, 0) is 23.9 Å². The maximum absolute atomic E-state index is 10.9. The Morgan fingerprint density at radius 2 is 2.08 bits per heavy atom. The molecule has 0 bridgehead atoms. The highest BCUT2D eigenvalue weighted by Crippen LogP contribution is 2.09. The van der Waals surface area contributed by atoms with E-state index in [0.29, 0.717) is 0 Å². The Bertz CT molecular complexity index is 250. The molecular weight excluding hydrogens is 174 g/mol. The quantitative estimate of drug-likeness (QED) is 0.688. The maximum atomic E-state index is 10.9. The maximum Gasteiger partial charge on any atom is 0.285 e. The molecule has 0 radical (unpaired) electrons. The predicted molar refractivity (Wildman–Crippen MR) is 50.1 cm³/mol. The van der Waals surface area contributed by atoms with E-state index < -0.39 is 0 Å². The zero-order valence-electron chi connectivity index (χ0n) is 6.36. The Morgan fingerprint density at radius 3 is 2.67 bits per heavy atom.